The average molecular weight is 326 g/mol. The molecule has 1 aromatic carbocycles. The minimum Gasteiger partial charge on any atom is -0.433 e. The summed E-state index contributed by atoms with van der Waals surface area (Å²) >= 11 is 11.5. The Balaban J connectivity index is 2.10. The summed E-state index contributed by atoms with van der Waals surface area (Å²) in [5, 5.41) is 7.48. The van der Waals surface area contributed by atoms with Crippen molar-refractivity contribution in [2.24, 2.45) is 0 Å². The Morgan fingerprint density at radius 3 is 2.71 bits per heavy atom. The second-order valence-corrected chi connectivity index (χ2v) is 4.64. The second kappa shape index (κ2) is 5.63. The number of hydrogen-bond donors (Lipinski definition) is 0. The predicted molar refractivity (Wildman–Crippen MR) is 73.4 cm³/mol. The lowest BCUT2D eigenvalue weighted by Crippen LogP contribution is -2.02. The normalized spacial score (nSPS) is 10.6. The molecule has 0 saturated carbocycles. The van der Waals surface area contributed by atoms with Crippen LogP contribution in [0.5, 0.6) is 11.6 Å². The van der Waals surface area contributed by atoms with Gasteiger partial charge in [0.05, 0.1) is 11.2 Å². The Morgan fingerprint density at radius 2 is 2.05 bits per heavy atom. The number of ether oxygens (including phenoxy) is 1. The lowest BCUT2D eigenvalue weighted by molar-refractivity contribution is 0.423. The number of rotatable bonds is 3. The van der Waals surface area contributed by atoms with Crippen LogP contribution in [0.25, 0.3) is 5.69 Å². The zero-order valence-electron chi connectivity index (χ0n) is 10.2. The summed E-state index contributed by atoms with van der Waals surface area (Å²) in [6.45, 7) is 0. The molecule has 6 nitrogen and oxygen atoms in total. The third-order valence-corrected chi connectivity index (χ3v) is 2.97. The summed E-state index contributed by atoms with van der Waals surface area (Å²) in [6, 6.07) is 4.40. The Labute approximate surface area is 128 Å². The molecule has 21 heavy (non-hydrogen) atoms. The van der Waals surface area contributed by atoms with Gasteiger partial charge in [-0.3, -0.25) is 0 Å². The van der Waals surface area contributed by atoms with E-state index in [-0.39, 0.29) is 27.5 Å². The van der Waals surface area contributed by atoms with E-state index in [1.807, 2.05) is 0 Å². The van der Waals surface area contributed by atoms with Gasteiger partial charge in [0, 0.05) is 12.3 Å². The van der Waals surface area contributed by atoms with Crippen LogP contribution in [-0.4, -0.2) is 25.0 Å². The van der Waals surface area contributed by atoms with Crippen molar-refractivity contribution >= 4 is 23.2 Å². The first kappa shape index (κ1) is 13.7. The molecule has 2 heterocycles. The van der Waals surface area contributed by atoms with Crippen molar-refractivity contribution in [2.45, 2.75) is 0 Å². The Kier molecular flexibility index (Phi) is 3.68. The maximum atomic E-state index is 14.2. The van der Waals surface area contributed by atoms with Crippen LogP contribution >= 0.6 is 23.2 Å². The molecule has 0 aliphatic carbocycles. The molecule has 0 N–H and O–H groups in total. The van der Waals surface area contributed by atoms with Gasteiger partial charge >= 0.3 is 0 Å². The van der Waals surface area contributed by atoms with Gasteiger partial charge in [0.25, 0.3) is 0 Å². The van der Waals surface area contributed by atoms with Crippen molar-refractivity contribution in [1.29, 1.82) is 0 Å². The molecular weight excluding hydrogens is 320 g/mol. The Bertz CT molecular complexity index is 781. The molecule has 0 atom stereocenters. The number of halogens is 3. The average Bonchev–Trinajstić information content (AvgIpc) is 2.92. The zero-order valence-corrected chi connectivity index (χ0v) is 11.8. The van der Waals surface area contributed by atoms with Gasteiger partial charge in [-0.25, -0.2) is 19.0 Å². The van der Waals surface area contributed by atoms with Crippen LogP contribution in [0, 0.1) is 5.82 Å². The highest BCUT2D eigenvalue weighted by Crippen LogP contribution is 2.34. The summed E-state index contributed by atoms with van der Waals surface area (Å²) in [7, 11) is 0. The third kappa shape index (κ3) is 2.79. The SMILES string of the molecule is Fc1c(Cl)ccc(-n2cc(Cl)nn2)c1Oc1ccncn1. The molecule has 0 fully saturated rings. The fraction of sp³-hybridized carbons (Fsp3) is 0. The molecule has 3 aromatic rings. The number of aromatic nitrogens is 5. The Morgan fingerprint density at radius 1 is 1.19 bits per heavy atom. The van der Waals surface area contributed by atoms with Crippen LogP contribution in [0.3, 0.4) is 0 Å². The standard InChI is InChI=1S/C12H6Cl2FN5O/c13-7-1-2-8(20-5-9(14)18-19-20)12(11(7)15)21-10-3-4-16-6-17-10/h1-6H. The van der Waals surface area contributed by atoms with Gasteiger partial charge in [0.15, 0.2) is 16.7 Å². The molecule has 0 aliphatic heterocycles. The minimum atomic E-state index is -0.737. The first-order valence-corrected chi connectivity index (χ1v) is 6.41. The fourth-order valence-electron chi connectivity index (χ4n) is 1.60. The van der Waals surface area contributed by atoms with Crippen LogP contribution in [0.2, 0.25) is 10.2 Å². The first-order chi connectivity index (χ1) is 10.1. The molecule has 3 rings (SSSR count). The monoisotopic (exact) mass is 325 g/mol. The lowest BCUT2D eigenvalue weighted by atomic mass is 10.3. The third-order valence-electron chi connectivity index (χ3n) is 2.50. The van der Waals surface area contributed by atoms with E-state index in [0.29, 0.717) is 0 Å². The maximum Gasteiger partial charge on any atom is 0.222 e. The van der Waals surface area contributed by atoms with E-state index in [1.54, 1.807) is 0 Å². The maximum absolute atomic E-state index is 14.2. The van der Waals surface area contributed by atoms with E-state index in [9.17, 15) is 4.39 Å². The quantitative estimate of drug-likeness (QED) is 0.739. The summed E-state index contributed by atoms with van der Waals surface area (Å²) < 4.78 is 21.0. The van der Waals surface area contributed by atoms with Crippen molar-refractivity contribution in [3.05, 3.63) is 52.9 Å². The molecule has 0 unspecified atom stereocenters. The predicted octanol–water partition coefficient (Wildman–Crippen LogP) is 3.30. The van der Waals surface area contributed by atoms with E-state index >= 15 is 0 Å². The van der Waals surface area contributed by atoms with Gasteiger partial charge in [-0.05, 0) is 12.1 Å². The van der Waals surface area contributed by atoms with Gasteiger partial charge in [0.2, 0.25) is 5.88 Å². The lowest BCUT2D eigenvalue weighted by Gasteiger charge is -2.11. The van der Waals surface area contributed by atoms with E-state index in [1.165, 1.54) is 41.6 Å². The molecule has 0 bridgehead atoms. The van der Waals surface area contributed by atoms with Gasteiger partial charge in [-0.2, -0.15) is 0 Å². The summed E-state index contributed by atoms with van der Waals surface area (Å²) in [4.78, 5) is 7.63. The summed E-state index contributed by atoms with van der Waals surface area (Å²) in [5.41, 5.74) is 0.287. The zero-order chi connectivity index (χ0) is 14.8. The molecule has 0 aliphatic rings. The molecule has 106 valence electrons. The molecule has 9 heteroatoms. The fourth-order valence-corrected chi connectivity index (χ4v) is 1.88. The highest BCUT2D eigenvalue weighted by molar-refractivity contribution is 6.31. The van der Waals surface area contributed by atoms with Gasteiger partial charge in [0.1, 0.15) is 12.0 Å². The summed E-state index contributed by atoms with van der Waals surface area (Å²) in [6.07, 6.45) is 4.16. The molecule has 0 radical (unpaired) electrons. The van der Waals surface area contributed by atoms with Gasteiger partial charge in [-0.15, -0.1) is 5.10 Å². The van der Waals surface area contributed by atoms with Crippen molar-refractivity contribution in [2.75, 3.05) is 0 Å². The molecule has 0 saturated heterocycles. The van der Waals surface area contributed by atoms with E-state index in [0.717, 1.165) is 0 Å². The Hall–Kier alpha value is -2.25. The minimum absolute atomic E-state index is 0.0889. The topological polar surface area (TPSA) is 65.7 Å². The molecule has 0 spiro atoms. The van der Waals surface area contributed by atoms with Crippen LogP contribution in [-0.2, 0) is 0 Å². The number of nitrogens with zero attached hydrogens (tertiary/aromatic N) is 5. The van der Waals surface area contributed by atoms with Crippen LogP contribution in [0.15, 0.2) is 36.9 Å². The molecule has 0 amide bonds. The van der Waals surface area contributed by atoms with Crippen molar-refractivity contribution in [3.8, 4) is 17.3 Å². The number of benzene rings is 1. The van der Waals surface area contributed by atoms with Crippen LogP contribution in [0.1, 0.15) is 0 Å². The first-order valence-electron chi connectivity index (χ1n) is 5.65. The van der Waals surface area contributed by atoms with Gasteiger partial charge in [-0.1, -0.05) is 28.4 Å². The second-order valence-electron chi connectivity index (χ2n) is 3.85. The van der Waals surface area contributed by atoms with E-state index in [2.05, 4.69) is 20.3 Å². The molecular formula is C12H6Cl2FN5O. The van der Waals surface area contributed by atoms with Crippen LogP contribution in [0.4, 0.5) is 4.39 Å². The summed E-state index contributed by atoms with van der Waals surface area (Å²) in [5.74, 6) is -0.708. The smallest absolute Gasteiger partial charge is 0.222 e. The van der Waals surface area contributed by atoms with Crippen molar-refractivity contribution in [1.82, 2.24) is 25.0 Å². The molecule has 2 aromatic heterocycles. The highest BCUT2D eigenvalue weighted by Gasteiger charge is 2.18. The van der Waals surface area contributed by atoms with Gasteiger partial charge < -0.3 is 4.74 Å². The largest absolute Gasteiger partial charge is 0.433 e. The van der Waals surface area contributed by atoms with Crippen LogP contribution < -0.4 is 4.74 Å². The van der Waals surface area contributed by atoms with E-state index in [4.69, 9.17) is 27.9 Å². The van der Waals surface area contributed by atoms with Crippen molar-refractivity contribution < 1.29 is 9.13 Å². The highest BCUT2D eigenvalue weighted by atomic mass is 35.5. The number of hydrogen-bond acceptors (Lipinski definition) is 5. The van der Waals surface area contributed by atoms with Crippen molar-refractivity contribution in [3.63, 3.8) is 0 Å². The van der Waals surface area contributed by atoms with E-state index < -0.39 is 5.82 Å².